The molecule has 0 radical (unpaired) electrons. The number of hydrogen-bond donors (Lipinski definition) is 2. The fourth-order valence-electron chi connectivity index (χ4n) is 1.91. The molecule has 0 aliphatic heterocycles. The predicted molar refractivity (Wildman–Crippen MR) is 82.9 cm³/mol. The lowest BCUT2D eigenvalue weighted by atomic mass is 10.1. The number of hydrogen-bond acceptors (Lipinski definition) is 4. The van der Waals surface area contributed by atoms with Crippen LogP contribution >= 0.6 is 0 Å². The van der Waals surface area contributed by atoms with Gasteiger partial charge in [0.25, 0.3) is 0 Å². The van der Waals surface area contributed by atoms with Crippen LogP contribution in [-0.4, -0.2) is 31.7 Å². The summed E-state index contributed by atoms with van der Waals surface area (Å²) in [5.74, 6) is -0.969. The summed E-state index contributed by atoms with van der Waals surface area (Å²) in [5.41, 5.74) is 1.60. The first-order valence-corrected chi connectivity index (χ1v) is 9.06. The average molecular weight is 327 g/mol. The van der Waals surface area contributed by atoms with E-state index < -0.39 is 15.8 Å². The Morgan fingerprint density at radius 2 is 1.59 bits per heavy atom. The Bertz CT molecular complexity index is 607. The number of benzene rings is 1. The third kappa shape index (κ3) is 8.41. The number of carbonyl (C=O) groups excluding carboxylic acids is 1. The molecule has 1 amide bonds. The Hall–Kier alpha value is -1.89. The van der Waals surface area contributed by atoms with Crippen LogP contribution in [0.3, 0.4) is 0 Å². The van der Waals surface area contributed by atoms with Gasteiger partial charge in [0.2, 0.25) is 5.91 Å². The molecule has 0 bridgehead atoms. The first-order chi connectivity index (χ1) is 10.3. The molecule has 6 nitrogen and oxygen atoms in total. The summed E-state index contributed by atoms with van der Waals surface area (Å²) in [4.78, 5) is 21.9. The summed E-state index contributed by atoms with van der Waals surface area (Å²) in [5, 5.41) is 11.2. The zero-order chi connectivity index (χ0) is 16.6. The zero-order valence-corrected chi connectivity index (χ0v) is 13.4. The number of aliphatic carboxylic acids is 1. The van der Waals surface area contributed by atoms with Crippen molar-refractivity contribution in [3.63, 3.8) is 0 Å². The van der Waals surface area contributed by atoms with Gasteiger partial charge in [-0.05, 0) is 24.0 Å². The number of rotatable bonds is 9. The van der Waals surface area contributed by atoms with Crippen LogP contribution in [-0.2, 0) is 31.7 Å². The van der Waals surface area contributed by atoms with Gasteiger partial charge in [-0.2, -0.15) is 0 Å². The van der Waals surface area contributed by atoms with Gasteiger partial charge in [0.05, 0.1) is 5.75 Å². The smallest absolute Gasteiger partial charge is 0.303 e. The lowest BCUT2D eigenvalue weighted by molar-refractivity contribution is -0.137. The third-order valence-corrected chi connectivity index (χ3v) is 3.84. The van der Waals surface area contributed by atoms with E-state index in [1.165, 1.54) is 6.26 Å². The van der Waals surface area contributed by atoms with Gasteiger partial charge in [0.1, 0.15) is 0 Å². The van der Waals surface area contributed by atoms with Crippen LogP contribution in [0.4, 0.5) is 0 Å². The normalized spacial score (nSPS) is 11.1. The molecule has 0 fully saturated rings. The van der Waals surface area contributed by atoms with Gasteiger partial charge in [-0.25, -0.2) is 8.42 Å². The number of nitrogens with one attached hydrogen (secondary N) is 1. The molecule has 122 valence electrons. The van der Waals surface area contributed by atoms with Crippen LogP contribution in [0.15, 0.2) is 24.3 Å². The molecule has 0 aliphatic rings. The van der Waals surface area contributed by atoms with Crippen molar-refractivity contribution in [1.82, 2.24) is 5.32 Å². The highest BCUT2D eigenvalue weighted by molar-refractivity contribution is 7.89. The first-order valence-electron chi connectivity index (χ1n) is 7.00. The zero-order valence-electron chi connectivity index (χ0n) is 12.5. The lowest BCUT2D eigenvalue weighted by Gasteiger charge is -2.06. The van der Waals surface area contributed by atoms with E-state index in [9.17, 15) is 18.0 Å². The minimum Gasteiger partial charge on any atom is -0.481 e. The van der Waals surface area contributed by atoms with Crippen molar-refractivity contribution < 1.29 is 23.1 Å². The summed E-state index contributed by atoms with van der Waals surface area (Å²) in [6, 6.07) is 7.03. The Labute approximate surface area is 130 Å². The molecule has 0 aliphatic carbocycles. The third-order valence-electron chi connectivity index (χ3n) is 2.99. The molecule has 0 spiro atoms. The van der Waals surface area contributed by atoms with E-state index in [4.69, 9.17) is 5.11 Å². The van der Waals surface area contributed by atoms with Gasteiger partial charge in [-0.3, -0.25) is 9.59 Å². The first kappa shape index (κ1) is 18.2. The SMILES string of the molecule is CS(=O)(=O)Cc1ccc(CNC(=O)CCCCC(=O)O)cc1. The fraction of sp³-hybridized carbons (Fsp3) is 0.467. The minimum atomic E-state index is -3.05. The van der Waals surface area contributed by atoms with Crippen molar-refractivity contribution in [2.45, 2.75) is 38.0 Å². The second-order valence-electron chi connectivity index (χ2n) is 5.26. The van der Waals surface area contributed by atoms with Crippen LogP contribution in [0.1, 0.15) is 36.8 Å². The number of unbranched alkanes of at least 4 members (excludes halogenated alkanes) is 1. The van der Waals surface area contributed by atoms with E-state index in [-0.39, 0.29) is 18.1 Å². The van der Waals surface area contributed by atoms with Crippen molar-refractivity contribution in [1.29, 1.82) is 0 Å². The van der Waals surface area contributed by atoms with Crippen LogP contribution in [0.25, 0.3) is 0 Å². The van der Waals surface area contributed by atoms with Crippen LogP contribution in [0.2, 0.25) is 0 Å². The van der Waals surface area contributed by atoms with Crippen molar-refractivity contribution in [2.24, 2.45) is 0 Å². The topological polar surface area (TPSA) is 101 Å². The van der Waals surface area contributed by atoms with E-state index in [1.807, 2.05) is 0 Å². The molecular formula is C15H21NO5S. The lowest BCUT2D eigenvalue weighted by Crippen LogP contribution is -2.22. The molecule has 1 aromatic rings. The molecular weight excluding hydrogens is 306 g/mol. The van der Waals surface area contributed by atoms with Gasteiger partial charge in [0.15, 0.2) is 9.84 Å². The molecule has 0 saturated heterocycles. The number of sulfone groups is 1. The van der Waals surface area contributed by atoms with Crippen molar-refractivity contribution in [3.8, 4) is 0 Å². The second-order valence-corrected chi connectivity index (χ2v) is 7.40. The molecule has 22 heavy (non-hydrogen) atoms. The van der Waals surface area contributed by atoms with Gasteiger partial charge < -0.3 is 10.4 Å². The Balaban J connectivity index is 2.32. The summed E-state index contributed by atoms with van der Waals surface area (Å²) in [6.07, 6.45) is 2.61. The van der Waals surface area contributed by atoms with Gasteiger partial charge in [-0.1, -0.05) is 24.3 Å². The Morgan fingerprint density at radius 3 is 2.14 bits per heavy atom. The molecule has 0 unspecified atom stereocenters. The van der Waals surface area contributed by atoms with E-state index in [2.05, 4.69) is 5.32 Å². The Kier molecular flexibility index (Phi) is 7.04. The average Bonchev–Trinajstić information content (AvgIpc) is 2.41. The van der Waals surface area contributed by atoms with E-state index in [0.29, 0.717) is 31.4 Å². The number of carboxylic acid groups (broad SMARTS) is 1. The van der Waals surface area contributed by atoms with Gasteiger partial charge in [-0.15, -0.1) is 0 Å². The molecule has 0 atom stereocenters. The van der Waals surface area contributed by atoms with Gasteiger partial charge >= 0.3 is 5.97 Å². The summed E-state index contributed by atoms with van der Waals surface area (Å²) >= 11 is 0. The Morgan fingerprint density at radius 1 is 1.05 bits per heavy atom. The summed E-state index contributed by atoms with van der Waals surface area (Å²) in [7, 11) is -3.05. The highest BCUT2D eigenvalue weighted by atomic mass is 32.2. The molecule has 0 saturated carbocycles. The van der Waals surface area contributed by atoms with Crippen molar-refractivity contribution in [2.75, 3.05) is 6.26 Å². The number of carboxylic acids is 1. The van der Waals surface area contributed by atoms with Crippen LogP contribution < -0.4 is 5.32 Å². The minimum absolute atomic E-state index is 0.00319. The molecule has 7 heteroatoms. The predicted octanol–water partition coefficient (Wildman–Crippen LogP) is 1.49. The molecule has 2 N–H and O–H groups in total. The standard InChI is InChI=1S/C15H21NO5S/c1-22(20,21)11-13-8-6-12(7-9-13)10-16-14(17)4-2-3-5-15(18)19/h6-9H,2-5,10-11H2,1H3,(H,16,17)(H,18,19). The van der Waals surface area contributed by atoms with Crippen molar-refractivity contribution in [3.05, 3.63) is 35.4 Å². The van der Waals surface area contributed by atoms with Crippen LogP contribution in [0, 0.1) is 0 Å². The van der Waals surface area contributed by atoms with E-state index >= 15 is 0 Å². The second kappa shape index (κ2) is 8.53. The number of amides is 1. The van der Waals surface area contributed by atoms with Gasteiger partial charge in [0, 0.05) is 25.6 Å². The maximum atomic E-state index is 11.6. The molecule has 0 aromatic heterocycles. The van der Waals surface area contributed by atoms with E-state index in [0.717, 1.165) is 5.56 Å². The van der Waals surface area contributed by atoms with Crippen molar-refractivity contribution >= 4 is 21.7 Å². The largest absolute Gasteiger partial charge is 0.481 e. The monoisotopic (exact) mass is 327 g/mol. The molecule has 0 heterocycles. The molecule has 1 rings (SSSR count). The van der Waals surface area contributed by atoms with E-state index in [1.54, 1.807) is 24.3 Å². The highest BCUT2D eigenvalue weighted by Gasteiger charge is 2.05. The molecule has 1 aromatic carbocycles. The highest BCUT2D eigenvalue weighted by Crippen LogP contribution is 2.08. The quantitative estimate of drug-likeness (QED) is 0.669. The number of carbonyl (C=O) groups is 2. The summed E-state index contributed by atoms with van der Waals surface area (Å²) in [6.45, 7) is 0.372. The fourth-order valence-corrected chi connectivity index (χ4v) is 2.70. The maximum absolute atomic E-state index is 11.6. The maximum Gasteiger partial charge on any atom is 0.303 e. The van der Waals surface area contributed by atoms with Crippen LogP contribution in [0.5, 0.6) is 0 Å². The summed E-state index contributed by atoms with van der Waals surface area (Å²) < 4.78 is 22.3.